The molecular weight excluding hydrogens is 638 g/mol. The molecule has 5 rings (SSSR count). The molecule has 0 bridgehead atoms. The van der Waals surface area contributed by atoms with Crippen LogP contribution in [-0.2, 0) is 21.6 Å². The molecule has 1 amide bonds. The number of amides is 1. The van der Waals surface area contributed by atoms with E-state index in [9.17, 15) is 24.8 Å². The first-order valence-electron chi connectivity index (χ1n) is 15.0. The molecule has 2 aliphatic heterocycles. The smallest absolute Gasteiger partial charge is 0.338 e. The molecule has 244 valence electrons. The number of methoxy groups -OCH3 is 1. The van der Waals surface area contributed by atoms with Gasteiger partial charge in [0.05, 0.1) is 36.2 Å². The van der Waals surface area contributed by atoms with Crippen LogP contribution in [0.4, 0.5) is 15.8 Å². The molecule has 1 saturated heterocycles. The number of aliphatic hydroxyl groups excluding tert-OH is 1. The van der Waals surface area contributed by atoms with Crippen molar-refractivity contribution in [3.8, 4) is 0 Å². The molecule has 10 nitrogen and oxygen atoms in total. The number of fused-ring (bicyclic) bond motifs is 2. The van der Waals surface area contributed by atoms with Crippen molar-refractivity contribution in [1.82, 2.24) is 10.2 Å². The van der Waals surface area contributed by atoms with Crippen molar-refractivity contribution in [3.05, 3.63) is 104 Å². The summed E-state index contributed by atoms with van der Waals surface area (Å²) in [6.07, 6.45) is 7.96. The van der Waals surface area contributed by atoms with Gasteiger partial charge < -0.3 is 20.5 Å². The van der Waals surface area contributed by atoms with Crippen LogP contribution < -0.4 is 10.6 Å². The zero-order chi connectivity index (χ0) is 33.2. The number of allylic oxidation sites excluding steroid dienone is 4. The predicted octanol–water partition coefficient (Wildman–Crippen LogP) is 5.99. The third kappa shape index (κ3) is 6.22. The minimum atomic E-state index is -1.58. The lowest BCUT2D eigenvalue weighted by Crippen LogP contribution is -2.54. The van der Waals surface area contributed by atoms with Crippen molar-refractivity contribution in [1.29, 1.82) is 0 Å². The number of aliphatic hydroxyl groups is 1. The highest BCUT2D eigenvalue weighted by molar-refractivity contribution is 6.31. The molecule has 13 heteroatoms. The monoisotopic (exact) mass is 672 g/mol. The van der Waals surface area contributed by atoms with E-state index in [0.717, 1.165) is 31.7 Å². The number of nitrogens with one attached hydrogen (secondary N) is 2. The Morgan fingerprint density at radius 1 is 1.30 bits per heavy atom. The maximum absolute atomic E-state index is 16.8. The van der Waals surface area contributed by atoms with Gasteiger partial charge >= 0.3 is 5.97 Å². The van der Waals surface area contributed by atoms with Crippen LogP contribution >= 0.6 is 23.2 Å². The van der Waals surface area contributed by atoms with Crippen LogP contribution in [0.2, 0.25) is 5.02 Å². The molecular formula is C33H35Cl2FN4O6. The predicted molar refractivity (Wildman–Crippen MR) is 173 cm³/mol. The number of halogens is 3. The van der Waals surface area contributed by atoms with Gasteiger partial charge in [0.15, 0.2) is 0 Å². The largest absolute Gasteiger partial charge is 0.465 e. The Bertz CT molecular complexity index is 1610. The summed E-state index contributed by atoms with van der Waals surface area (Å²) in [6, 6.07) is 7.28. The molecule has 2 aromatic carbocycles. The minimum absolute atomic E-state index is 0.00570. The molecule has 2 fully saturated rings. The molecule has 2 aromatic rings. The zero-order valence-electron chi connectivity index (χ0n) is 25.2. The van der Waals surface area contributed by atoms with Crippen LogP contribution in [0.3, 0.4) is 0 Å². The Morgan fingerprint density at radius 3 is 2.70 bits per heavy atom. The number of nitro groups is 1. The zero-order valence-corrected chi connectivity index (χ0v) is 26.7. The normalized spacial score (nSPS) is 24.9. The van der Waals surface area contributed by atoms with Crippen molar-refractivity contribution < 1.29 is 28.7 Å². The van der Waals surface area contributed by atoms with Gasteiger partial charge in [-0.15, -0.1) is 0 Å². The molecule has 4 atom stereocenters. The lowest BCUT2D eigenvalue weighted by atomic mass is 9.76. The Hall–Kier alpha value is -3.61. The first kappa shape index (κ1) is 33.7. The molecule has 0 unspecified atom stereocenters. The van der Waals surface area contributed by atoms with Crippen LogP contribution in [0.5, 0.6) is 0 Å². The molecule has 0 radical (unpaired) electrons. The fraction of sp³-hybridized carbons (Fsp3) is 0.394. The molecule has 3 aliphatic rings. The number of likely N-dealkylation sites (tertiary alicyclic amines) is 1. The quantitative estimate of drug-likeness (QED) is 0.115. The van der Waals surface area contributed by atoms with Gasteiger partial charge in [-0.05, 0) is 49.1 Å². The third-order valence-electron chi connectivity index (χ3n) is 9.24. The van der Waals surface area contributed by atoms with Crippen molar-refractivity contribution in [3.63, 3.8) is 0 Å². The van der Waals surface area contributed by atoms with Crippen molar-refractivity contribution in [2.45, 2.75) is 49.9 Å². The van der Waals surface area contributed by atoms with E-state index in [1.54, 1.807) is 18.2 Å². The van der Waals surface area contributed by atoms with Gasteiger partial charge in [0, 0.05) is 52.1 Å². The fourth-order valence-electron chi connectivity index (χ4n) is 7.29. The van der Waals surface area contributed by atoms with Crippen LogP contribution in [0.1, 0.15) is 47.2 Å². The van der Waals surface area contributed by atoms with Gasteiger partial charge in [-0.1, -0.05) is 60.8 Å². The topological polar surface area (TPSA) is 134 Å². The van der Waals surface area contributed by atoms with Gasteiger partial charge in [0.1, 0.15) is 11.4 Å². The van der Waals surface area contributed by atoms with E-state index >= 15 is 4.39 Å². The molecule has 2 heterocycles. The number of nitrogens with zero attached hydrogens (tertiary/aromatic N) is 2. The van der Waals surface area contributed by atoms with E-state index in [-0.39, 0.29) is 34.3 Å². The van der Waals surface area contributed by atoms with Gasteiger partial charge in [-0.25, -0.2) is 9.18 Å². The first-order chi connectivity index (χ1) is 22.0. The van der Waals surface area contributed by atoms with Gasteiger partial charge in [0.2, 0.25) is 5.91 Å². The average molecular weight is 674 g/mol. The second-order valence-corrected chi connectivity index (χ2v) is 12.7. The lowest BCUT2D eigenvalue weighted by molar-refractivity contribution is -0.385. The summed E-state index contributed by atoms with van der Waals surface area (Å²) in [4.78, 5) is 39.7. The van der Waals surface area contributed by atoms with Crippen LogP contribution in [0.25, 0.3) is 0 Å². The highest BCUT2D eigenvalue weighted by Gasteiger charge is 2.67. The third-order valence-corrected chi connectivity index (χ3v) is 9.60. The maximum Gasteiger partial charge on any atom is 0.338 e. The minimum Gasteiger partial charge on any atom is -0.465 e. The van der Waals surface area contributed by atoms with E-state index in [1.807, 2.05) is 4.90 Å². The van der Waals surface area contributed by atoms with Crippen LogP contribution in [0.15, 0.2) is 72.1 Å². The molecule has 1 saturated carbocycles. The summed E-state index contributed by atoms with van der Waals surface area (Å²) >= 11 is 12.2. The van der Waals surface area contributed by atoms with Crippen molar-refractivity contribution in [2.75, 3.05) is 25.6 Å². The molecule has 46 heavy (non-hydrogen) atoms. The van der Waals surface area contributed by atoms with Crippen molar-refractivity contribution >= 4 is 46.5 Å². The Labute approximate surface area is 276 Å². The SMILES string of the molecule is C=C(Cl)/C=C\C=C(/F)[C@H]1[C@H](NCc2ccc(C(=O)OC)cc2[N+](=O)[O-])[C@H](CO)N(CC2CCCC2)[C@@]12C(=O)Nc1cc(Cl)ccc12. The summed E-state index contributed by atoms with van der Waals surface area (Å²) in [7, 11) is 1.18. The summed E-state index contributed by atoms with van der Waals surface area (Å²) in [5, 5.41) is 29.7. The van der Waals surface area contributed by atoms with Gasteiger partial charge in [-0.3, -0.25) is 19.8 Å². The van der Waals surface area contributed by atoms with Crippen LogP contribution in [-0.4, -0.2) is 59.2 Å². The van der Waals surface area contributed by atoms with E-state index in [2.05, 4.69) is 17.2 Å². The standard InChI is InChI=1S/C33H35Cl2FN4O6/c1-19(34)6-5-9-25(36)29-30(37-16-22-11-10-21(31(42)46-2)14-27(22)40(44)45)28(18-41)39(17-20-7-3-4-8-20)33(29)24-13-12-23(35)15-26(24)38-32(33)43/h5-6,9-15,20,28-30,37,41H,1,3-4,7-8,16-18H2,2H3,(H,38,43)/b6-5-,25-9-/t28-,29-,30+,33+/m0/s1. The number of ether oxygens (including phenoxy) is 1. The number of hydrogen-bond acceptors (Lipinski definition) is 8. The summed E-state index contributed by atoms with van der Waals surface area (Å²) in [5.41, 5.74) is -0.715. The Kier molecular flexibility index (Phi) is 10.3. The van der Waals surface area contributed by atoms with Gasteiger partial charge in [-0.2, -0.15) is 0 Å². The average Bonchev–Trinajstić information content (AvgIpc) is 3.71. The lowest BCUT2D eigenvalue weighted by Gasteiger charge is -2.40. The van der Waals surface area contributed by atoms with Gasteiger partial charge in [0.25, 0.3) is 5.69 Å². The Balaban J connectivity index is 1.65. The molecule has 3 N–H and O–H groups in total. The second-order valence-electron chi connectivity index (χ2n) is 11.8. The van der Waals surface area contributed by atoms with E-state index in [4.69, 9.17) is 27.9 Å². The number of esters is 1. The number of nitro benzene ring substituents is 1. The number of benzene rings is 2. The first-order valence-corrected chi connectivity index (χ1v) is 15.7. The number of rotatable bonds is 11. The van der Waals surface area contributed by atoms with E-state index in [1.165, 1.54) is 37.5 Å². The van der Waals surface area contributed by atoms with E-state index in [0.29, 0.717) is 22.8 Å². The highest BCUT2D eigenvalue weighted by Crippen LogP contribution is 2.56. The number of carbonyl (C=O) groups excluding carboxylic acids is 2. The molecule has 0 aromatic heterocycles. The van der Waals surface area contributed by atoms with Crippen molar-refractivity contribution in [2.24, 2.45) is 11.8 Å². The second kappa shape index (κ2) is 14.0. The summed E-state index contributed by atoms with van der Waals surface area (Å²) < 4.78 is 21.5. The maximum atomic E-state index is 16.8. The number of carbonyl (C=O) groups is 2. The molecule has 1 spiro atoms. The van der Waals surface area contributed by atoms with Crippen LogP contribution in [0, 0.1) is 22.0 Å². The number of anilines is 1. The Morgan fingerprint density at radius 2 is 2.04 bits per heavy atom. The summed E-state index contributed by atoms with van der Waals surface area (Å²) in [6.45, 7) is 3.47. The fourth-order valence-corrected chi connectivity index (χ4v) is 7.54. The number of hydrogen-bond donors (Lipinski definition) is 3. The van der Waals surface area contributed by atoms with E-state index < -0.39 is 52.8 Å². The summed E-state index contributed by atoms with van der Waals surface area (Å²) in [5.74, 6) is -2.82. The highest BCUT2D eigenvalue weighted by atomic mass is 35.5. The molecule has 1 aliphatic carbocycles.